The van der Waals surface area contributed by atoms with E-state index < -0.39 is 23.8 Å². The predicted molar refractivity (Wildman–Crippen MR) is 121 cm³/mol. The summed E-state index contributed by atoms with van der Waals surface area (Å²) in [5, 5.41) is 9.63. The van der Waals surface area contributed by atoms with Crippen LogP contribution in [0.4, 0.5) is 4.39 Å². The SMILES string of the molecule is CC(C)C(C(=O)OC(C#N)c1cccc(Oc2ccccc2)c1)/C(F)=C/c1ccccc1. The summed E-state index contributed by atoms with van der Waals surface area (Å²) in [6, 6.07) is 26.8. The molecule has 162 valence electrons. The number of carbonyl (C=O) groups is 1. The van der Waals surface area contributed by atoms with E-state index in [1.807, 2.05) is 42.5 Å². The first-order valence-electron chi connectivity index (χ1n) is 10.3. The van der Waals surface area contributed by atoms with Crippen LogP contribution in [0.25, 0.3) is 6.08 Å². The van der Waals surface area contributed by atoms with Crippen LogP contribution in [-0.4, -0.2) is 5.97 Å². The minimum atomic E-state index is -1.19. The molecule has 0 fully saturated rings. The number of hydrogen-bond acceptors (Lipinski definition) is 4. The van der Waals surface area contributed by atoms with Crippen molar-refractivity contribution < 1.29 is 18.7 Å². The van der Waals surface area contributed by atoms with E-state index in [2.05, 4.69) is 0 Å². The largest absolute Gasteiger partial charge is 0.457 e. The lowest BCUT2D eigenvalue weighted by Crippen LogP contribution is -2.25. The first-order valence-corrected chi connectivity index (χ1v) is 10.3. The van der Waals surface area contributed by atoms with Gasteiger partial charge in [0, 0.05) is 5.56 Å². The van der Waals surface area contributed by atoms with Gasteiger partial charge in [-0.2, -0.15) is 5.26 Å². The van der Waals surface area contributed by atoms with E-state index in [1.165, 1.54) is 6.08 Å². The van der Waals surface area contributed by atoms with Crippen LogP contribution in [0.1, 0.15) is 31.1 Å². The fourth-order valence-corrected chi connectivity index (χ4v) is 3.23. The third-order valence-electron chi connectivity index (χ3n) is 4.81. The van der Waals surface area contributed by atoms with Gasteiger partial charge in [-0.3, -0.25) is 4.79 Å². The van der Waals surface area contributed by atoms with Gasteiger partial charge in [-0.15, -0.1) is 0 Å². The number of para-hydroxylation sites is 1. The maximum atomic E-state index is 15.0. The smallest absolute Gasteiger partial charge is 0.317 e. The molecule has 0 amide bonds. The number of rotatable bonds is 8. The van der Waals surface area contributed by atoms with Gasteiger partial charge in [0.15, 0.2) is 0 Å². The normalized spacial score (nSPS) is 13.2. The number of halogens is 1. The van der Waals surface area contributed by atoms with Gasteiger partial charge in [-0.25, -0.2) is 4.39 Å². The Bertz CT molecular complexity index is 1100. The van der Waals surface area contributed by atoms with E-state index in [-0.39, 0.29) is 5.92 Å². The fraction of sp³-hybridized carbons (Fsp3) is 0.185. The molecule has 0 N–H and O–H groups in total. The van der Waals surface area contributed by atoms with Gasteiger partial charge in [-0.1, -0.05) is 74.5 Å². The average molecular weight is 429 g/mol. The summed E-state index contributed by atoms with van der Waals surface area (Å²) in [5.74, 6) is -1.72. The monoisotopic (exact) mass is 429 g/mol. The molecule has 2 unspecified atom stereocenters. The number of esters is 1. The molecule has 0 spiro atoms. The van der Waals surface area contributed by atoms with Gasteiger partial charge in [0.1, 0.15) is 29.3 Å². The van der Waals surface area contributed by atoms with Crippen LogP contribution in [0.2, 0.25) is 0 Å². The molecule has 0 saturated carbocycles. The van der Waals surface area contributed by atoms with Crippen LogP contribution in [0.5, 0.6) is 11.5 Å². The van der Waals surface area contributed by atoms with E-state index in [9.17, 15) is 14.4 Å². The Kier molecular flexibility index (Phi) is 7.77. The molecular formula is C27H24FNO3. The molecule has 2 atom stereocenters. The van der Waals surface area contributed by atoms with Crippen LogP contribution in [-0.2, 0) is 9.53 Å². The first-order chi connectivity index (χ1) is 15.5. The number of nitrogens with zero attached hydrogens (tertiary/aromatic N) is 1. The molecule has 3 aromatic rings. The second-order valence-corrected chi connectivity index (χ2v) is 7.60. The van der Waals surface area contributed by atoms with E-state index >= 15 is 0 Å². The molecule has 0 saturated heterocycles. The van der Waals surface area contributed by atoms with E-state index in [1.54, 1.807) is 62.4 Å². The van der Waals surface area contributed by atoms with E-state index in [0.29, 0.717) is 22.6 Å². The third kappa shape index (κ3) is 6.05. The number of carbonyl (C=O) groups excluding carboxylic acids is 1. The molecule has 0 aliphatic heterocycles. The van der Waals surface area contributed by atoms with Crippen LogP contribution in [0, 0.1) is 23.2 Å². The third-order valence-corrected chi connectivity index (χ3v) is 4.81. The lowest BCUT2D eigenvalue weighted by atomic mass is 9.93. The zero-order chi connectivity index (χ0) is 22.9. The maximum Gasteiger partial charge on any atom is 0.317 e. The van der Waals surface area contributed by atoms with Crippen molar-refractivity contribution in [2.75, 3.05) is 0 Å². The van der Waals surface area contributed by atoms with Gasteiger partial charge >= 0.3 is 5.97 Å². The summed E-state index contributed by atoms with van der Waals surface area (Å²) in [5.41, 5.74) is 1.09. The maximum absolute atomic E-state index is 15.0. The highest BCUT2D eigenvalue weighted by atomic mass is 19.1. The number of benzene rings is 3. The molecule has 5 heteroatoms. The number of ether oxygens (including phenoxy) is 2. The number of nitriles is 1. The van der Waals surface area contributed by atoms with Gasteiger partial charge in [0.05, 0.1) is 0 Å². The lowest BCUT2D eigenvalue weighted by Gasteiger charge is -2.20. The molecule has 32 heavy (non-hydrogen) atoms. The standard InChI is InChI=1S/C27H24FNO3/c1-19(2)26(24(28)16-20-10-5-3-6-11-20)27(30)32-25(18-29)21-12-9-15-23(17-21)31-22-13-7-4-8-14-22/h3-17,19,25-26H,1-2H3/b24-16-. The highest BCUT2D eigenvalue weighted by Crippen LogP contribution is 2.30. The van der Waals surface area contributed by atoms with Crippen LogP contribution < -0.4 is 4.74 Å². The van der Waals surface area contributed by atoms with Crippen molar-refractivity contribution in [3.8, 4) is 17.6 Å². The lowest BCUT2D eigenvalue weighted by molar-refractivity contribution is -0.152. The Labute approximate surface area is 187 Å². The van der Waals surface area contributed by atoms with Gasteiger partial charge in [0.25, 0.3) is 0 Å². The second-order valence-electron chi connectivity index (χ2n) is 7.60. The molecule has 0 aliphatic rings. The Morgan fingerprint density at radius 2 is 1.56 bits per heavy atom. The highest BCUT2D eigenvalue weighted by Gasteiger charge is 2.31. The topological polar surface area (TPSA) is 59.3 Å². The van der Waals surface area contributed by atoms with Gasteiger partial charge in [-0.05, 0) is 41.8 Å². The summed E-state index contributed by atoms with van der Waals surface area (Å²) >= 11 is 0. The van der Waals surface area contributed by atoms with Crippen molar-refractivity contribution in [1.29, 1.82) is 5.26 Å². The van der Waals surface area contributed by atoms with E-state index in [0.717, 1.165) is 0 Å². The second kappa shape index (κ2) is 10.9. The zero-order valence-corrected chi connectivity index (χ0v) is 17.9. The van der Waals surface area contributed by atoms with Crippen LogP contribution in [0.3, 0.4) is 0 Å². The van der Waals surface area contributed by atoms with Gasteiger partial charge < -0.3 is 9.47 Å². The van der Waals surface area contributed by atoms with Crippen molar-refractivity contribution in [2.45, 2.75) is 20.0 Å². The molecule has 0 heterocycles. The molecule has 4 nitrogen and oxygen atoms in total. The van der Waals surface area contributed by atoms with Crippen molar-refractivity contribution >= 4 is 12.0 Å². The minimum absolute atomic E-state index is 0.352. The first kappa shape index (κ1) is 22.8. The molecule has 0 aromatic heterocycles. The predicted octanol–water partition coefficient (Wildman–Crippen LogP) is 6.87. The van der Waals surface area contributed by atoms with Crippen molar-refractivity contribution in [2.24, 2.45) is 11.8 Å². The Morgan fingerprint density at radius 3 is 2.19 bits per heavy atom. The van der Waals surface area contributed by atoms with Crippen LogP contribution in [0.15, 0.2) is 90.8 Å². The highest BCUT2D eigenvalue weighted by molar-refractivity contribution is 5.78. The molecule has 0 radical (unpaired) electrons. The van der Waals surface area contributed by atoms with Crippen molar-refractivity contribution in [3.63, 3.8) is 0 Å². The molecule has 0 bridgehead atoms. The van der Waals surface area contributed by atoms with Gasteiger partial charge in [0.2, 0.25) is 6.10 Å². The summed E-state index contributed by atoms with van der Waals surface area (Å²) in [4.78, 5) is 12.8. The van der Waals surface area contributed by atoms with Crippen molar-refractivity contribution in [1.82, 2.24) is 0 Å². The number of hydrogen-bond donors (Lipinski definition) is 0. The molecule has 3 aromatic carbocycles. The average Bonchev–Trinajstić information content (AvgIpc) is 2.79. The zero-order valence-electron chi connectivity index (χ0n) is 17.9. The Balaban J connectivity index is 1.77. The Hall–Kier alpha value is -3.91. The fourth-order valence-electron chi connectivity index (χ4n) is 3.23. The van der Waals surface area contributed by atoms with Crippen molar-refractivity contribution in [3.05, 3.63) is 102 Å². The summed E-state index contributed by atoms with van der Waals surface area (Å²) < 4.78 is 26.2. The molecule has 0 aliphatic carbocycles. The summed E-state index contributed by atoms with van der Waals surface area (Å²) in [6.45, 7) is 3.47. The Morgan fingerprint density at radius 1 is 0.938 bits per heavy atom. The molecule has 3 rings (SSSR count). The quantitative estimate of drug-likeness (QED) is 0.367. The minimum Gasteiger partial charge on any atom is -0.457 e. The van der Waals surface area contributed by atoms with E-state index in [4.69, 9.17) is 9.47 Å². The molecular weight excluding hydrogens is 405 g/mol. The summed E-state index contributed by atoms with van der Waals surface area (Å²) in [6.07, 6.45) is 0.134. The van der Waals surface area contributed by atoms with Crippen LogP contribution >= 0.6 is 0 Å². The summed E-state index contributed by atoms with van der Waals surface area (Å²) in [7, 11) is 0.